The third kappa shape index (κ3) is 4.76. The molecule has 4 nitrogen and oxygen atoms in total. The van der Waals surface area contributed by atoms with Crippen LogP contribution >= 0.6 is 0 Å². The van der Waals surface area contributed by atoms with E-state index in [1.54, 1.807) is 25.1 Å². The number of carbonyl (C=O) groups excluding carboxylic acids is 1. The summed E-state index contributed by atoms with van der Waals surface area (Å²) in [5, 5.41) is 2.61. The summed E-state index contributed by atoms with van der Waals surface area (Å²) in [5.74, 6) is -0.323. The molecule has 2 rings (SSSR count). The summed E-state index contributed by atoms with van der Waals surface area (Å²) in [4.78, 5) is 16.0. The molecule has 1 aromatic heterocycles. The molecule has 0 aliphatic carbocycles. The minimum atomic E-state index is -4.39. The molecule has 0 radical (unpaired) electrons. The van der Waals surface area contributed by atoms with E-state index in [1.165, 1.54) is 24.3 Å². The van der Waals surface area contributed by atoms with Crippen molar-refractivity contribution in [1.29, 1.82) is 0 Å². The van der Waals surface area contributed by atoms with Gasteiger partial charge in [0.15, 0.2) is 6.61 Å². The number of nitrogens with zero attached hydrogens (tertiary/aromatic N) is 1. The first-order valence-electron chi connectivity index (χ1n) is 6.38. The quantitative estimate of drug-likeness (QED) is 0.939. The Labute approximate surface area is 124 Å². The van der Waals surface area contributed by atoms with Crippen molar-refractivity contribution < 1.29 is 22.7 Å². The van der Waals surface area contributed by atoms with Crippen molar-refractivity contribution in [1.82, 2.24) is 4.98 Å². The Bertz CT molecular complexity index is 655. The number of rotatable bonds is 4. The highest BCUT2D eigenvalue weighted by Crippen LogP contribution is 2.20. The number of aromatic nitrogens is 1. The van der Waals surface area contributed by atoms with Crippen LogP contribution in [0.25, 0.3) is 0 Å². The minimum absolute atomic E-state index is 0.0732. The van der Waals surface area contributed by atoms with Gasteiger partial charge in [-0.15, -0.1) is 0 Å². The molecule has 0 bridgehead atoms. The van der Waals surface area contributed by atoms with Crippen LogP contribution in [0.1, 0.15) is 16.2 Å². The van der Waals surface area contributed by atoms with Crippen LogP contribution in [0.4, 0.5) is 18.9 Å². The number of benzene rings is 1. The maximum Gasteiger partial charge on any atom is 0.422 e. The fourth-order valence-electron chi connectivity index (χ4n) is 1.66. The van der Waals surface area contributed by atoms with Gasteiger partial charge in [0, 0.05) is 11.4 Å². The van der Waals surface area contributed by atoms with Crippen LogP contribution in [0, 0.1) is 6.92 Å². The second-order valence-electron chi connectivity index (χ2n) is 4.55. The van der Waals surface area contributed by atoms with Crippen LogP contribution in [-0.2, 0) is 0 Å². The predicted octanol–water partition coefficient (Wildman–Crippen LogP) is 3.58. The van der Waals surface area contributed by atoms with Gasteiger partial charge in [0.05, 0.1) is 0 Å². The fraction of sp³-hybridized carbons (Fsp3) is 0.200. The number of pyridine rings is 1. The predicted molar refractivity (Wildman–Crippen MR) is 74.9 cm³/mol. The first kappa shape index (κ1) is 15.8. The molecule has 22 heavy (non-hydrogen) atoms. The summed E-state index contributed by atoms with van der Waals surface area (Å²) in [6.07, 6.45) is -4.39. The molecule has 2 aromatic rings. The van der Waals surface area contributed by atoms with Crippen molar-refractivity contribution >= 4 is 11.6 Å². The van der Waals surface area contributed by atoms with E-state index < -0.39 is 18.7 Å². The first-order chi connectivity index (χ1) is 10.3. The largest absolute Gasteiger partial charge is 0.484 e. The summed E-state index contributed by atoms with van der Waals surface area (Å²) in [6.45, 7) is 0.412. The zero-order chi connectivity index (χ0) is 16.2. The fourth-order valence-corrected chi connectivity index (χ4v) is 1.66. The number of hydrogen-bond donors (Lipinski definition) is 1. The molecule has 0 spiro atoms. The normalized spacial score (nSPS) is 11.1. The number of halogens is 3. The Morgan fingerprint density at radius 3 is 2.45 bits per heavy atom. The first-order valence-corrected chi connectivity index (χ1v) is 6.38. The molecular weight excluding hydrogens is 297 g/mol. The van der Waals surface area contributed by atoms with Crippen LogP contribution < -0.4 is 10.1 Å². The van der Waals surface area contributed by atoms with Gasteiger partial charge < -0.3 is 10.1 Å². The average Bonchev–Trinajstić information content (AvgIpc) is 2.46. The maximum atomic E-state index is 12.0. The molecule has 0 atom stereocenters. The summed E-state index contributed by atoms with van der Waals surface area (Å²) >= 11 is 0. The highest BCUT2D eigenvalue weighted by Gasteiger charge is 2.28. The summed E-state index contributed by atoms with van der Waals surface area (Å²) in [5.41, 5.74) is 1.41. The van der Waals surface area contributed by atoms with Gasteiger partial charge in [-0.3, -0.25) is 4.79 Å². The minimum Gasteiger partial charge on any atom is -0.484 e. The summed E-state index contributed by atoms with van der Waals surface area (Å²) in [6, 6.07) is 10.7. The Morgan fingerprint density at radius 2 is 1.86 bits per heavy atom. The van der Waals surface area contributed by atoms with Gasteiger partial charge in [0.2, 0.25) is 0 Å². The van der Waals surface area contributed by atoms with Crippen molar-refractivity contribution in [2.75, 3.05) is 11.9 Å². The molecule has 1 N–H and O–H groups in total. The van der Waals surface area contributed by atoms with Crippen LogP contribution in [-0.4, -0.2) is 23.7 Å². The number of nitrogens with one attached hydrogen (secondary N) is 1. The van der Waals surface area contributed by atoms with E-state index in [0.717, 1.165) is 0 Å². The Balaban J connectivity index is 1.98. The maximum absolute atomic E-state index is 12.0. The molecule has 0 aliphatic rings. The second kappa shape index (κ2) is 6.46. The summed E-state index contributed by atoms with van der Waals surface area (Å²) in [7, 11) is 0. The lowest BCUT2D eigenvalue weighted by atomic mass is 10.2. The van der Waals surface area contributed by atoms with Crippen LogP contribution in [0.5, 0.6) is 5.75 Å². The van der Waals surface area contributed by atoms with Gasteiger partial charge in [-0.1, -0.05) is 6.07 Å². The van der Waals surface area contributed by atoms with Gasteiger partial charge in [-0.05, 0) is 43.3 Å². The molecule has 0 saturated carbocycles. The van der Waals surface area contributed by atoms with E-state index in [1.807, 2.05) is 0 Å². The van der Waals surface area contributed by atoms with Gasteiger partial charge >= 0.3 is 6.18 Å². The molecule has 0 fully saturated rings. The van der Waals surface area contributed by atoms with Crippen LogP contribution in [0.15, 0.2) is 42.5 Å². The Kier molecular flexibility index (Phi) is 4.65. The van der Waals surface area contributed by atoms with Gasteiger partial charge in [0.1, 0.15) is 11.4 Å². The second-order valence-corrected chi connectivity index (χ2v) is 4.55. The number of hydrogen-bond acceptors (Lipinski definition) is 3. The zero-order valence-electron chi connectivity index (χ0n) is 11.6. The van der Waals surface area contributed by atoms with E-state index in [0.29, 0.717) is 11.4 Å². The Hall–Kier alpha value is -2.57. The van der Waals surface area contributed by atoms with E-state index in [-0.39, 0.29) is 11.4 Å². The number of aryl methyl sites for hydroxylation is 1. The zero-order valence-corrected chi connectivity index (χ0v) is 11.6. The number of amides is 1. The van der Waals surface area contributed by atoms with E-state index in [4.69, 9.17) is 0 Å². The molecule has 116 valence electrons. The van der Waals surface area contributed by atoms with E-state index >= 15 is 0 Å². The average molecular weight is 310 g/mol. The van der Waals surface area contributed by atoms with Crippen LogP contribution in [0.3, 0.4) is 0 Å². The lowest BCUT2D eigenvalue weighted by molar-refractivity contribution is -0.153. The van der Waals surface area contributed by atoms with Gasteiger partial charge in [-0.2, -0.15) is 13.2 Å². The van der Waals surface area contributed by atoms with Crippen molar-refractivity contribution in [3.05, 3.63) is 53.9 Å². The van der Waals surface area contributed by atoms with Crippen molar-refractivity contribution in [2.45, 2.75) is 13.1 Å². The van der Waals surface area contributed by atoms with E-state index in [9.17, 15) is 18.0 Å². The third-order valence-electron chi connectivity index (χ3n) is 2.64. The molecule has 0 saturated heterocycles. The topological polar surface area (TPSA) is 51.2 Å². The molecule has 0 unspecified atom stereocenters. The molecule has 1 heterocycles. The van der Waals surface area contributed by atoms with Crippen molar-refractivity contribution in [3.8, 4) is 5.75 Å². The number of alkyl halides is 3. The highest BCUT2D eigenvalue weighted by atomic mass is 19.4. The van der Waals surface area contributed by atoms with Gasteiger partial charge in [-0.25, -0.2) is 4.98 Å². The Morgan fingerprint density at radius 1 is 1.18 bits per heavy atom. The lowest BCUT2D eigenvalue weighted by Crippen LogP contribution is -2.19. The standard InChI is InChI=1S/C15H13F3N2O2/c1-10-3-2-4-13(19-10)14(21)20-11-5-7-12(8-6-11)22-9-15(16,17)18/h2-8H,9H2,1H3,(H,20,21). The lowest BCUT2D eigenvalue weighted by Gasteiger charge is -2.10. The SMILES string of the molecule is Cc1cccc(C(=O)Nc2ccc(OCC(F)(F)F)cc2)n1. The molecule has 0 aliphatic heterocycles. The van der Waals surface area contributed by atoms with Gasteiger partial charge in [0.25, 0.3) is 5.91 Å². The highest BCUT2D eigenvalue weighted by molar-refractivity contribution is 6.02. The van der Waals surface area contributed by atoms with E-state index in [2.05, 4.69) is 15.0 Å². The monoisotopic (exact) mass is 310 g/mol. The molecule has 7 heteroatoms. The smallest absolute Gasteiger partial charge is 0.422 e. The van der Waals surface area contributed by atoms with Crippen molar-refractivity contribution in [3.63, 3.8) is 0 Å². The number of anilines is 1. The molecular formula is C15H13F3N2O2. The number of carbonyl (C=O) groups is 1. The van der Waals surface area contributed by atoms with Crippen LogP contribution in [0.2, 0.25) is 0 Å². The third-order valence-corrected chi connectivity index (χ3v) is 2.64. The van der Waals surface area contributed by atoms with Crippen molar-refractivity contribution in [2.24, 2.45) is 0 Å². The number of ether oxygens (including phenoxy) is 1. The molecule has 1 amide bonds. The molecule has 1 aromatic carbocycles. The summed E-state index contributed by atoms with van der Waals surface area (Å²) < 4.78 is 40.7.